The third kappa shape index (κ3) is 11.1. The number of nitrogens with one attached hydrogen (secondary N) is 2. The Hall–Kier alpha value is -4.20. The number of carboxylic acid groups (broad SMARTS) is 1. The van der Waals surface area contributed by atoms with Crippen LogP contribution in [-0.2, 0) is 11.0 Å². The van der Waals surface area contributed by atoms with E-state index in [4.69, 9.17) is 26.9 Å². The Bertz CT molecular complexity index is 1440. The maximum Gasteiger partial charge on any atom is 0.417 e. The number of carboxylic acids is 1. The predicted octanol–water partition coefficient (Wildman–Crippen LogP) is 7.41. The van der Waals surface area contributed by atoms with Crippen LogP contribution >= 0.6 is 11.6 Å². The number of carbonyl (C=O) groups excluding carboxylic acids is 1. The zero-order valence-electron chi connectivity index (χ0n) is 22.7. The topological polar surface area (TPSA) is 110 Å². The highest BCUT2D eigenvalue weighted by molar-refractivity contribution is 6.34. The van der Waals surface area contributed by atoms with Gasteiger partial charge >= 0.3 is 6.18 Å². The molecule has 0 saturated carbocycles. The number of alkyl halides is 3. The lowest BCUT2D eigenvalue weighted by atomic mass is 9.98. The lowest BCUT2D eigenvalue weighted by molar-refractivity contribution is -0.138. The van der Waals surface area contributed by atoms with Gasteiger partial charge in [-0.1, -0.05) is 61.9 Å². The molecule has 0 saturated heterocycles. The third-order valence-electron chi connectivity index (χ3n) is 4.65. The summed E-state index contributed by atoms with van der Waals surface area (Å²) in [4.78, 5) is 21.9. The third-order valence-corrected chi connectivity index (χ3v) is 4.97. The highest BCUT2D eigenvalue weighted by Gasteiger charge is 2.36. The quantitative estimate of drug-likeness (QED) is 0.144. The second kappa shape index (κ2) is 16.2. The molecule has 3 aromatic rings. The highest BCUT2D eigenvalue weighted by Crippen LogP contribution is 2.35. The van der Waals surface area contributed by atoms with Crippen LogP contribution in [-0.4, -0.2) is 33.9 Å². The van der Waals surface area contributed by atoms with E-state index in [2.05, 4.69) is 31.0 Å². The van der Waals surface area contributed by atoms with Crippen LogP contribution in [0, 0.1) is 23.1 Å². The summed E-state index contributed by atoms with van der Waals surface area (Å²) in [6.07, 6.45) is -4.54. The molecule has 1 atom stereocenters. The van der Waals surface area contributed by atoms with Gasteiger partial charge < -0.3 is 15.5 Å². The summed E-state index contributed by atoms with van der Waals surface area (Å²) in [5.41, 5.74) is -2.14. The fourth-order valence-corrected chi connectivity index (χ4v) is 3.38. The number of anilines is 1. The van der Waals surface area contributed by atoms with Gasteiger partial charge in [0.05, 0.1) is 27.5 Å². The Labute approximate surface area is 240 Å². The van der Waals surface area contributed by atoms with Gasteiger partial charge in [-0.25, -0.2) is 4.39 Å². The lowest BCUT2D eigenvalue weighted by Gasteiger charge is -2.17. The van der Waals surface area contributed by atoms with E-state index in [1.165, 1.54) is 49.7 Å². The molecule has 3 rings (SSSR count). The smallest absolute Gasteiger partial charge is 0.417 e. The number of benzene rings is 3. The molecule has 0 aliphatic rings. The van der Waals surface area contributed by atoms with Crippen molar-refractivity contribution in [3.63, 3.8) is 0 Å². The van der Waals surface area contributed by atoms with Crippen molar-refractivity contribution in [3.05, 3.63) is 99.3 Å². The number of aliphatic hydroxyl groups is 1. The van der Waals surface area contributed by atoms with Crippen molar-refractivity contribution in [2.45, 2.75) is 46.4 Å². The summed E-state index contributed by atoms with van der Waals surface area (Å²) in [7, 11) is 0. The monoisotopic (exact) mass is 592 g/mol. The Kier molecular flexibility index (Phi) is 13.7. The molecule has 1 amide bonds. The maximum absolute atomic E-state index is 14.3. The van der Waals surface area contributed by atoms with Crippen LogP contribution in [0.3, 0.4) is 0 Å². The zero-order chi connectivity index (χ0) is 31.3. The van der Waals surface area contributed by atoms with Crippen LogP contribution in [0.1, 0.15) is 66.7 Å². The van der Waals surface area contributed by atoms with Crippen LogP contribution < -0.4 is 5.32 Å². The molecule has 0 spiro atoms. The van der Waals surface area contributed by atoms with Crippen molar-refractivity contribution in [2.24, 2.45) is 0 Å². The number of rotatable bonds is 4. The van der Waals surface area contributed by atoms with Crippen LogP contribution in [0.25, 0.3) is 0 Å². The van der Waals surface area contributed by atoms with Crippen LogP contribution in [0.5, 0.6) is 0 Å². The Morgan fingerprint density at radius 1 is 1.05 bits per heavy atom. The first kappa shape index (κ1) is 34.8. The van der Waals surface area contributed by atoms with Crippen molar-refractivity contribution >= 4 is 34.9 Å². The molecule has 6 nitrogen and oxygen atoms in total. The van der Waals surface area contributed by atoms with E-state index >= 15 is 0 Å². The molecule has 0 fully saturated rings. The van der Waals surface area contributed by atoms with E-state index in [-0.39, 0.29) is 22.5 Å². The first-order valence-corrected chi connectivity index (χ1v) is 12.6. The molecule has 41 heavy (non-hydrogen) atoms. The summed E-state index contributed by atoms with van der Waals surface area (Å²) in [6, 6.07) is 12.6. The molecule has 11 heteroatoms. The number of aliphatic carboxylic acids is 1. The minimum Gasteiger partial charge on any atom is -0.481 e. The Balaban J connectivity index is 0.00000108. The van der Waals surface area contributed by atoms with Gasteiger partial charge in [-0.2, -0.15) is 13.2 Å². The first-order valence-electron chi connectivity index (χ1n) is 12.2. The summed E-state index contributed by atoms with van der Waals surface area (Å²) in [6.45, 7) is 6.77. The molecular formula is C30H29ClF4N2O4. The molecule has 1 unspecified atom stereocenters. The number of halogens is 5. The number of carbonyl (C=O) groups is 2. The van der Waals surface area contributed by atoms with Gasteiger partial charge in [-0.3, -0.25) is 15.0 Å². The minimum atomic E-state index is -4.84. The largest absolute Gasteiger partial charge is 0.481 e. The fraction of sp³-hybridized carbons (Fsp3) is 0.233. The Morgan fingerprint density at radius 2 is 1.63 bits per heavy atom. The fourth-order valence-electron chi connectivity index (χ4n) is 3.12. The molecular weight excluding hydrogens is 564 g/mol. The maximum atomic E-state index is 14.3. The van der Waals surface area contributed by atoms with Crippen molar-refractivity contribution in [1.82, 2.24) is 0 Å². The van der Waals surface area contributed by atoms with Crippen molar-refractivity contribution in [1.29, 1.82) is 5.41 Å². The van der Waals surface area contributed by atoms with Gasteiger partial charge in [0.15, 0.2) is 0 Å². The summed E-state index contributed by atoms with van der Waals surface area (Å²) in [5, 5.41) is 27.2. The molecule has 0 bridgehead atoms. The average Bonchev–Trinajstić information content (AvgIpc) is 2.87. The second-order valence-electron chi connectivity index (χ2n) is 8.40. The number of hydrogen-bond acceptors (Lipinski definition) is 4. The molecule has 218 valence electrons. The van der Waals surface area contributed by atoms with Crippen molar-refractivity contribution in [3.8, 4) is 11.8 Å². The van der Waals surface area contributed by atoms with Gasteiger partial charge in [-0.05, 0) is 49.4 Å². The number of hydrogen-bond donors (Lipinski definition) is 4. The van der Waals surface area contributed by atoms with E-state index in [9.17, 15) is 27.5 Å². The molecule has 4 N–H and O–H groups in total. The molecule has 0 radical (unpaired) electrons. The first-order chi connectivity index (χ1) is 19.1. The number of amides is 1. The minimum absolute atomic E-state index is 0.0432. The van der Waals surface area contributed by atoms with Gasteiger partial charge in [0.2, 0.25) is 0 Å². The summed E-state index contributed by atoms with van der Waals surface area (Å²) >= 11 is 5.93. The predicted molar refractivity (Wildman–Crippen MR) is 151 cm³/mol. The van der Waals surface area contributed by atoms with Crippen molar-refractivity contribution in [2.75, 3.05) is 5.32 Å². The Morgan fingerprint density at radius 3 is 2.17 bits per heavy atom. The van der Waals surface area contributed by atoms with E-state index < -0.39 is 46.1 Å². The standard InChI is InChI=1S/C25H17ClF4N2O2.C3H8.C2H4O2/c1-14(33)9-10-15-11-12-17(23(31)16-5-2-3-8-20(16)27)21(13-15)32-24(34)22-18(25(28,29)30)6-4-7-19(22)26;1-3-2;1-2(3)4/h2-8,11-14,31,33H,1H3,(H,32,34);3H2,1-2H3;1H3,(H,3,4). The van der Waals surface area contributed by atoms with E-state index in [0.29, 0.717) is 5.56 Å². The molecule has 0 heterocycles. The molecule has 3 aromatic carbocycles. The SMILES string of the molecule is CC(=O)O.CC(O)C#Cc1ccc(C(=N)c2ccccc2F)c(NC(=O)c2c(Cl)cccc2C(F)(F)F)c1.CCC. The lowest BCUT2D eigenvalue weighted by Crippen LogP contribution is -2.21. The van der Waals surface area contributed by atoms with Crippen LogP contribution in [0.4, 0.5) is 23.2 Å². The van der Waals surface area contributed by atoms with Crippen LogP contribution in [0.15, 0.2) is 60.7 Å². The summed E-state index contributed by atoms with van der Waals surface area (Å²) < 4.78 is 54.7. The average molecular weight is 593 g/mol. The highest BCUT2D eigenvalue weighted by atomic mass is 35.5. The molecule has 0 aromatic heterocycles. The van der Waals surface area contributed by atoms with Gasteiger partial charge in [0.25, 0.3) is 11.9 Å². The van der Waals surface area contributed by atoms with Gasteiger partial charge in [0.1, 0.15) is 11.9 Å². The molecule has 0 aliphatic carbocycles. The zero-order valence-corrected chi connectivity index (χ0v) is 23.4. The van der Waals surface area contributed by atoms with E-state index in [1.54, 1.807) is 0 Å². The van der Waals surface area contributed by atoms with Gasteiger partial charge in [-0.15, -0.1) is 0 Å². The van der Waals surface area contributed by atoms with Crippen molar-refractivity contribution < 1.29 is 37.4 Å². The van der Waals surface area contributed by atoms with Gasteiger partial charge in [0, 0.05) is 23.6 Å². The normalized spacial score (nSPS) is 10.9. The number of aliphatic hydroxyl groups excluding tert-OH is 1. The van der Waals surface area contributed by atoms with Crippen LogP contribution in [0.2, 0.25) is 5.02 Å². The van der Waals surface area contributed by atoms with E-state index in [1.807, 2.05) is 0 Å². The molecule has 0 aliphatic heterocycles. The summed E-state index contributed by atoms with van der Waals surface area (Å²) in [5.74, 6) is 2.49. The van der Waals surface area contributed by atoms with E-state index in [0.717, 1.165) is 31.2 Å². The second-order valence-corrected chi connectivity index (χ2v) is 8.81.